The first kappa shape index (κ1) is 22.0. The maximum Gasteiger partial charge on any atom is 0.340 e. The fourth-order valence-electron chi connectivity index (χ4n) is 3.57. The number of benzene rings is 2. The summed E-state index contributed by atoms with van der Waals surface area (Å²) in [4.78, 5) is 42.8. The molecule has 0 fully saturated rings. The molecule has 0 saturated heterocycles. The molecule has 1 unspecified atom stereocenters. The van der Waals surface area contributed by atoms with Gasteiger partial charge in [-0.1, -0.05) is 30.0 Å². The van der Waals surface area contributed by atoms with E-state index in [1.807, 2.05) is 43.5 Å². The van der Waals surface area contributed by atoms with Crippen molar-refractivity contribution in [3.8, 4) is 0 Å². The zero-order valence-electron chi connectivity index (χ0n) is 17.3. The van der Waals surface area contributed by atoms with Gasteiger partial charge >= 0.3 is 5.97 Å². The second-order valence-corrected chi connectivity index (χ2v) is 9.46. The van der Waals surface area contributed by atoms with Crippen LogP contribution in [0.3, 0.4) is 0 Å². The van der Waals surface area contributed by atoms with E-state index < -0.39 is 17.5 Å². The number of hydrogen-bond donors (Lipinski definition) is 0. The van der Waals surface area contributed by atoms with Crippen LogP contribution in [-0.2, 0) is 16.0 Å². The summed E-state index contributed by atoms with van der Waals surface area (Å²) in [5, 5.41) is 13.1. The lowest BCUT2D eigenvalue weighted by molar-refractivity contribution is -0.384. The minimum Gasteiger partial charge on any atom is -0.452 e. The predicted octanol–water partition coefficient (Wildman–Crippen LogP) is 4.65. The number of aromatic nitrogens is 1. The van der Waals surface area contributed by atoms with Crippen molar-refractivity contribution in [3.05, 3.63) is 74.8 Å². The topological polar surface area (TPSA) is 103 Å². The number of ether oxygens (including phenoxy) is 1. The van der Waals surface area contributed by atoms with E-state index in [-0.39, 0.29) is 23.2 Å². The molecule has 2 heterocycles. The number of nitro groups is 1. The minimum absolute atomic E-state index is 0.0275. The molecule has 1 aromatic heterocycles. The highest BCUT2D eigenvalue weighted by molar-refractivity contribution is 8.01. The predicted molar refractivity (Wildman–Crippen MR) is 121 cm³/mol. The van der Waals surface area contributed by atoms with Crippen LogP contribution in [0.15, 0.2) is 57.1 Å². The van der Waals surface area contributed by atoms with Crippen molar-refractivity contribution in [3.63, 3.8) is 0 Å². The third kappa shape index (κ3) is 4.51. The van der Waals surface area contributed by atoms with Crippen LogP contribution in [0.4, 0.5) is 11.4 Å². The van der Waals surface area contributed by atoms with Crippen LogP contribution in [0.25, 0.3) is 0 Å². The maximum atomic E-state index is 12.8. The Balaban J connectivity index is 1.52. The molecule has 1 aliphatic rings. The number of carbonyl (C=O) groups excluding carboxylic acids is 2. The highest BCUT2D eigenvalue weighted by Crippen LogP contribution is 2.35. The van der Waals surface area contributed by atoms with Crippen molar-refractivity contribution in [1.29, 1.82) is 0 Å². The summed E-state index contributed by atoms with van der Waals surface area (Å²) >= 11 is 2.63. The first-order chi connectivity index (χ1) is 15.3. The Morgan fingerprint density at radius 2 is 2.09 bits per heavy atom. The van der Waals surface area contributed by atoms with Crippen molar-refractivity contribution in [1.82, 2.24) is 4.98 Å². The van der Waals surface area contributed by atoms with Gasteiger partial charge in [-0.25, -0.2) is 9.78 Å². The largest absolute Gasteiger partial charge is 0.452 e. The molecule has 8 nitrogen and oxygen atoms in total. The average molecular weight is 470 g/mol. The molecule has 0 saturated carbocycles. The number of hydrogen-bond acceptors (Lipinski definition) is 8. The monoisotopic (exact) mass is 469 g/mol. The summed E-state index contributed by atoms with van der Waals surface area (Å²) in [7, 11) is 0. The highest BCUT2D eigenvalue weighted by atomic mass is 32.2. The SMILES string of the molecule is Cc1csc(Sc2ccc([N+](=O)[O-])cc2C(=O)OCC(=O)N2c3ccccc3CC2C)n1. The van der Waals surface area contributed by atoms with Crippen LogP contribution in [0.1, 0.15) is 28.5 Å². The first-order valence-electron chi connectivity index (χ1n) is 9.79. The number of para-hydroxylation sites is 1. The average Bonchev–Trinajstić information content (AvgIpc) is 3.33. The Hall–Kier alpha value is -3.24. The van der Waals surface area contributed by atoms with Crippen molar-refractivity contribution in [2.75, 3.05) is 11.5 Å². The fraction of sp³-hybridized carbons (Fsp3) is 0.227. The molecule has 1 atom stereocenters. The van der Waals surface area contributed by atoms with E-state index in [2.05, 4.69) is 4.98 Å². The molecule has 32 heavy (non-hydrogen) atoms. The molecule has 3 aromatic rings. The van der Waals surface area contributed by atoms with Gasteiger partial charge in [0.05, 0.1) is 10.5 Å². The lowest BCUT2D eigenvalue weighted by Crippen LogP contribution is -2.38. The van der Waals surface area contributed by atoms with E-state index in [0.717, 1.165) is 23.4 Å². The Kier molecular flexibility index (Phi) is 6.24. The summed E-state index contributed by atoms with van der Waals surface area (Å²) in [6.45, 7) is 3.33. The number of nitro benzene ring substituents is 1. The molecule has 0 bridgehead atoms. The van der Waals surface area contributed by atoms with Crippen molar-refractivity contribution in [2.45, 2.75) is 35.5 Å². The van der Waals surface area contributed by atoms with Gasteiger partial charge in [-0.15, -0.1) is 11.3 Å². The van der Waals surface area contributed by atoms with Crippen LogP contribution in [-0.4, -0.2) is 34.4 Å². The Bertz CT molecular complexity index is 1210. The van der Waals surface area contributed by atoms with Gasteiger partial charge in [-0.3, -0.25) is 14.9 Å². The van der Waals surface area contributed by atoms with Crippen LogP contribution in [0.2, 0.25) is 0 Å². The van der Waals surface area contributed by atoms with E-state index in [1.165, 1.54) is 41.3 Å². The number of carbonyl (C=O) groups is 2. The number of amides is 1. The summed E-state index contributed by atoms with van der Waals surface area (Å²) < 4.78 is 6.00. The molecule has 0 N–H and O–H groups in total. The Morgan fingerprint density at radius 3 is 2.81 bits per heavy atom. The van der Waals surface area contributed by atoms with Gasteiger partial charge in [-0.2, -0.15) is 0 Å². The van der Waals surface area contributed by atoms with Crippen LogP contribution in [0, 0.1) is 17.0 Å². The summed E-state index contributed by atoms with van der Waals surface area (Å²) in [6.07, 6.45) is 0.731. The van der Waals surface area contributed by atoms with E-state index in [9.17, 15) is 19.7 Å². The van der Waals surface area contributed by atoms with Crippen molar-refractivity contribution in [2.24, 2.45) is 0 Å². The molecule has 1 aliphatic heterocycles. The highest BCUT2D eigenvalue weighted by Gasteiger charge is 2.31. The number of esters is 1. The minimum atomic E-state index is -0.794. The van der Waals surface area contributed by atoms with E-state index in [0.29, 0.717) is 9.24 Å². The standard InChI is InChI=1S/C22H19N3O5S2/c1-13-12-31-22(23-13)32-19-8-7-16(25(28)29)10-17(19)21(27)30-11-20(26)24-14(2)9-15-5-3-4-6-18(15)24/h3-8,10,12,14H,9,11H2,1-2H3. The van der Waals surface area contributed by atoms with Crippen molar-refractivity contribution >= 4 is 46.3 Å². The summed E-state index contributed by atoms with van der Waals surface area (Å²) in [5.74, 6) is -1.14. The van der Waals surface area contributed by atoms with Gasteiger partial charge in [0.1, 0.15) is 0 Å². The lowest BCUT2D eigenvalue weighted by Gasteiger charge is -2.22. The number of fused-ring (bicyclic) bond motifs is 1. The number of anilines is 1. The third-order valence-electron chi connectivity index (χ3n) is 4.99. The molecule has 1 amide bonds. The van der Waals surface area contributed by atoms with Crippen molar-refractivity contribution < 1.29 is 19.2 Å². The molecule has 4 rings (SSSR count). The van der Waals surface area contributed by atoms with Gasteiger partial charge in [0, 0.05) is 39.8 Å². The molecule has 0 aliphatic carbocycles. The van der Waals surface area contributed by atoms with Gasteiger partial charge in [0.25, 0.3) is 11.6 Å². The number of nitrogens with zero attached hydrogens (tertiary/aromatic N) is 3. The number of rotatable bonds is 6. The second-order valence-electron chi connectivity index (χ2n) is 7.32. The summed E-state index contributed by atoms with van der Waals surface area (Å²) in [6, 6.07) is 11.6. The first-order valence-corrected chi connectivity index (χ1v) is 11.5. The zero-order chi connectivity index (χ0) is 22.8. The summed E-state index contributed by atoms with van der Waals surface area (Å²) in [5.41, 5.74) is 2.52. The van der Waals surface area contributed by atoms with E-state index >= 15 is 0 Å². The zero-order valence-corrected chi connectivity index (χ0v) is 18.9. The van der Waals surface area contributed by atoms with E-state index in [4.69, 9.17) is 4.74 Å². The maximum absolute atomic E-state index is 12.8. The molecular weight excluding hydrogens is 450 g/mol. The fourth-order valence-corrected chi connectivity index (χ4v) is 5.47. The van der Waals surface area contributed by atoms with Gasteiger partial charge in [0.15, 0.2) is 10.9 Å². The number of thiazole rings is 1. The quantitative estimate of drug-likeness (QED) is 0.294. The van der Waals surface area contributed by atoms with Crippen LogP contribution < -0.4 is 4.90 Å². The van der Waals surface area contributed by atoms with Gasteiger partial charge in [0.2, 0.25) is 0 Å². The van der Waals surface area contributed by atoms with Crippen LogP contribution >= 0.6 is 23.1 Å². The number of aryl methyl sites for hydroxylation is 1. The number of non-ortho nitro benzene ring substituents is 1. The Morgan fingerprint density at radius 1 is 1.31 bits per heavy atom. The normalized spacial score (nSPS) is 14.8. The van der Waals surface area contributed by atoms with Crippen LogP contribution in [0.5, 0.6) is 0 Å². The molecule has 164 valence electrons. The smallest absolute Gasteiger partial charge is 0.340 e. The third-order valence-corrected chi connectivity index (χ3v) is 7.12. The van der Waals surface area contributed by atoms with Gasteiger partial charge in [-0.05, 0) is 38.0 Å². The lowest BCUT2D eigenvalue weighted by atomic mass is 10.1. The Labute approximate surface area is 192 Å². The molecule has 2 aromatic carbocycles. The second kappa shape index (κ2) is 9.09. The molecular formula is C22H19N3O5S2. The molecule has 0 spiro atoms. The molecule has 10 heteroatoms. The van der Waals surface area contributed by atoms with E-state index in [1.54, 1.807) is 4.90 Å². The molecule has 0 radical (unpaired) electrons. The van der Waals surface area contributed by atoms with Gasteiger partial charge < -0.3 is 9.64 Å².